The average molecular weight is 221 g/mol. The standard InChI is InChI=1S/C12H19N3O/c16-12-2-1-5-14(8-12)7-11-6-13-9-15(11)10-3-4-10/h6,9-10,12,16H,1-5,7-8H2/t12-/m0/s1. The third kappa shape index (κ3) is 2.13. The Morgan fingerprint density at radius 2 is 2.25 bits per heavy atom. The molecule has 0 aromatic carbocycles. The zero-order valence-corrected chi connectivity index (χ0v) is 9.55. The molecule has 2 aliphatic rings. The van der Waals surface area contributed by atoms with Crippen LogP contribution < -0.4 is 0 Å². The number of aromatic nitrogens is 2. The van der Waals surface area contributed by atoms with Gasteiger partial charge in [0.1, 0.15) is 0 Å². The van der Waals surface area contributed by atoms with Crippen molar-refractivity contribution in [2.75, 3.05) is 13.1 Å². The van der Waals surface area contributed by atoms with E-state index in [2.05, 4.69) is 14.5 Å². The van der Waals surface area contributed by atoms with E-state index >= 15 is 0 Å². The molecule has 88 valence electrons. The van der Waals surface area contributed by atoms with Gasteiger partial charge >= 0.3 is 0 Å². The van der Waals surface area contributed by atoms with Crippen LogP contribution in [0.3, 0.4) is 0 Å². The number of hydrogen-bond acceptors (Lipinski definition) is 3. The molecule has 0 bridgehead atoms. The summed E-state index contributed by atoms with van der Waals surface area (Å²) in [5.74, 6) is 0. The Bertz CT molecular complexity index is 359. The first-order chi connectivity index (χ1) is 7.83. The van der Waals surface area contributed by atoms with Crippen LogP contribution in [0.15, 0.2) is 12.5 Å². The van der Waals surface area contributed by atoms with Gasteiger partial charge in [-0.05, 0) is 32.2 Å². The minimum Gasteiger partial charge on any atom is -0.392 e. The van der Waals surface area contributed by atoms with Gasteiger partial charge in [0.2, 0.25) is 0 Å². The molecule has 4 nitrogen and oxygen atoms in total. The molecule has 3 rings (SSSR count). The lowest BCUT2D eigenvalue weighted by atomic mass is 10.1. The maximum absolute atomic E-state index is 9.63. The zero-order valence-electron chi connectivity index (χ0n) is 9.55. The Morgan fingerprint density at radius 3 is 3.00 bits per heavy atom. The fourth-order valence-corrected chi connectivity index (χ4v) is 2.54. The van der Waals surface area contributed by atoms with Crippen molar-refractivity contribution in [2.24, 2.45) is 0 Å². The summed E-state index contributed by atoms with van der Waals surface area (Å²) < 4.78 is 2.31. The van der Waals surface area contributed by atoms with Crippen molar-refractivity contribution in [3.8, 4) is 0 Å². The molecule has 1 aliphatic carbocycles. The van der Waals surface area contributed by atoms with Crippen molar-refractivity contribution in [3.63, 3.8) is 0 Å². The lowest BCUT2D eigenvalue weighted by Crippen LogP contribution is -2.38. The Morgan fingerprint density at radius 1 is 1.38 bits per heavy atom. The number of aliphatic hydroxyl groups is 1. The number of β-amino-alcohol motifs (C(OH)–C–C–N with tert-alkyl or cyclic N) is 1. The van der Waals surface area contributed by atoms with Crippen LogP contribution in [-0.2, 0) is 6.54 Å². The van der Waals surface area contributed by atoms with E-state index in [0.717, 1.165) is 32.5 Å². The van der Waals surface area contributed by atoms with Crippen molar-refractivity contribution in [3.05, 3.63) is 18.2 Å². The fraction of sp³-hybridized carbons (Fsp3) is 0.750. The number of rotatable bonds is 3. The summed E-state index contributed by atoms with van der Waals surface area (Å²) in [5, 5.41) is 9.63. The lowest BCUT2D eigenvalue weighted by Gasteiger charge is -2.30. The van der Waals surface area contributed by atoms with Crippen LogP contribution in [0, 0.1) is 0 Å². The topological polar surface area (TPSA) is 41.3 Å². The van der Waals surface area contributed by atoms with Gasteiger partial charge in [0.15, 0.2) is 0 Å². The Labute approximate surface area is 95.9 Å². The second kappa shape index (κ2) is 4.18. The van der Waals surface area contributed by atoms with E-state index in [1.165, 1.54) is 18.5 Å². The van der Waals surface area contributed by atoms with Gasteiger partial charge < -0.3 is 9.67 Å². The number of piperidine rings is 1. The predicted octanol–water partition coefficient (Wildman–Crippen LogP) is 1.17. The molecule has 0 amide bonds. The molecule has 0 unspecified atom stereocenters. The highest BCUT2D eigenvalue weighted by molar-refractivity contribution is 5.03. The molecule has 0 radical (unpaired) electrons. The van der Waals surface area contributed by atoms with Crippen molar-refractivity contribution in [2.45, 2.75) is 44.4 Å². The third-order valence-electron chi connectivity index (χ3n) is 3.55. The van der Waals surface area contributed by atoms with Gasteiger partial charge in [-0.1, -0.05) is 0 Å². The Balaban J connectivity index is 1.66. The van der Waals surface area contributed by atoms with Crippen LogP contribution in [0.1, 0.15) is 37.4 Å². The first kappa shape index (κ1) is 10.3. The Hall–Kier alpha value is -0.870. The molecular weight excluding hydrogens is 202 g/mol. The molecule has 1 saturated heterocycles. The van der Waals surface area contributed by atoms with Crippen LogP contribution in [0.5, 0.6) is 0 Å². The molecule has 1 saturated carbocycles. The maximum Gasteiger partial charge on any atom is 0.0951 e. The Kier molecular flexibility index (Phi) is 2.69. The summed E-state index contributed by atoms with van der Waals surface area (Å²) in [4.78, 5) is 6.58. The van der Waals surface area contributed by atoms with Gasteiger partial charge in [-0.3, -0.25) is 4.90 Å². The van der Waals surface area contributed by atoms with Gasteiger partial charge in [0, 0.05) is 25.3 Å². The highest BCUT2D eigenvalue weighted by atomic mass is 16.3. The van der Waals surface area contributed by atoms with Gasteiger partial charge in [-0.25, -0.2) is 4.98 Å². The molecule has 0 spiro atoms. The second-order valence-electron chi connectivity index (χ2n) is 5.05. The lowest BCUT2D eigenvalue weighted by molar-refractivity contribution is 0.0656. The first-order valence-corrected chi connectivity index (χ1v) is 6.24. The molecule has 1 aliphatic heterocycles. The van der Waals surface area contributed by atoms with E-state index in [4.69, 9.17) is 0 Å². The van der Waals surface area contributed by atoms with Crippen LogP contribution in [0.25, 0.3) is 0 Å². The van der Waals surface area contributed by atoms with E-state index in [9.17, 15) is 5.11 Å². The van der Waals surface area contributed by atoms with Crippen LogP contribution >= 0.6 is 0 Å². The summed E-state index contributed by atoms with van der Waals surface area (Å²) in [6.45, 7) is 2.86. The van der Waals surface area contributed by atoms with Crippen LogP contribution in [0.2, 0.25) is 0 Å². The molecule has 2 heterocycles. The van der Waals surface area contributed by atoms with Crippen molar-refractivity contribution in [1.29, 1.82) is 0 Å². The zero-order chi connectivity index (χ0) is 11.0. The number of likely N-dealkylation sites (tertiary alicyclic amines) is 1. The molecule has 16 heavy (non-hydrogen) atoms. The van der Waals surface area contributed by atoms with Crippen molar-refractivity contribution >= 4 is 0 Å². The smallest absolute Gasteiger partial charge is 0.0951 e. The van der Waals surface area contributed by atoms with E-state index in [1.54, 1.807) is 0 Å². The van der Waals surface area contributed by atoms with E-state index in [0.29, 0.717) is 6.04 Å². The van der Waals surface area contributed by atoms with Gasteiger partial charge in [0.25, 0.3) is 0 Å². The minimum absolute atomic E-state index is 0.133. The monoisotopic (exact) mass is 221 g/mol. The molecule has 1 N–H and O–H groups in total. The SMILES string of the molecule is O[C@H]1CCCN(Cc2cncn2C2CC2)C1. The predicted molar refractivity (Wildman–Crippen MR) is 61.0 cm³/mol. The van der Waals surface area contributed by atoms with E-state index in [-0.39, 0.29) is 6.10 Å². The molecule has 4 heteroatoms. The number of nitrogens with zero attached hydrogens (tertiary/aromatic N) is 3. The normalized spacial score (nSPS) is 27.2. The molecular formula is C12H19N3O. The van der Waals surface area contributed by atoms with Crippen molar-refractivity contribution in [1.82, 2.24) is 14.5 Å². The summed E-state index contributed by atoms with van der Waals surface area (Å²) >= 11 is 0. The van der Waals surface area contributed by atoms with E-state index in [1.807, 2.05) is 12.5 Å². The van der Waals surface area contributed by atoms with E-state index < -0.39 is 0 Å². The summed E-state index contributed by atoms with van der Waals surface area (Å²) in [6, 6.07) is 0.701. The van der Waals surface area contributed by atoms with Gasteiger partial charge in [-0.2, -0.15) is 0 Å². The summed E-state index contributed by atoms with van der Waals surface area (Å²) in [7, 11) is 0. The number of aliphatic hydroxyl groups excluding tert-OH is 1. The second-order valence-corrected chi connectivity index (χ2v) is 5.05. The highest BCUT2D eigenvalue weighted by Crippen LogP contribution is 2.35. The molecule has 1 aromatic heterocycles. The van der Waals surface area contributed by atoms with Gasteiger partial charge in [0.05, 0.1) is 18.1 Å². The summed E-state index contributed by atoms with van der Waals surface area (Å²) in [6.07, 6.45) is 8.45. The maximum atomic E-state index is 9.63. The van der Waals surface area contributed by atoms with Crippen molar-refractivity contribution < 1.29 is 5.11 Å². The quantitative estimate of drug-likeness (QED) is 0.833. The average Bonchev–Trinajstić information content (AvgIpc) is 3.00. The fourth-order valence-electron chi connectivity index (χ4n) is 2.54. The van der Waals surface area contributed by atoms with Gasteiger partial charge in [-0.15, -0.1) is 0 Å². The largest absolute Gasteiger partial charge is 0.392 e. The van der Waals surface area contributed by atoms with Crippen LogP contribution in [-0.4, -0.2) is 38.8 Å². The molecule has 1 atom stereocenters. The minimum atomic E-state index is -0.133. The molecule has 2 fully saturated rings. The first-order valence-electron chi connectivity index (χ1n) is 6.24. The number of hydrogen-bond donors (Lipinski definition) is 1. The third-order valence-corrected chi connectivity index (χ3v) is 3.55. The van der Waals surface area contributed by atoms with Crippen LogP contribution in [0.4, 0.5) is 0 Å². The summed E-state index contributed by atoms with van der Waals surface area (Å²) in [5.41, 5.74) is 1.30. The molecule has 1 aromatic rings. The highest BCUT2D eigenvalue weighted by Gasteiger charge is 2.26. The number of imidazole rings is 1.